The van der Waals surface area contributed by atoms with Gasteiger partial charge in [-0.05, 0) is 49.4 Å². The van der Waals surface area contributed by atoms with Crippen LogP contribution < -0.4 is 9.04 Å². The van der Waals surface area contributed by atoms with Gasteiger partial charge < -0.3 is 4.74 Å². The van der Waals surface area contributed by atoms with Gasteiger partial charge in [0.25, 0.3) is 15.9 Å². The zero-order valence-electron chi connectivity index (χ0n) is 16.4. The number of thioether (sulfide) groups is 1. The lowest BCUT2D eigenvalue weighted by Crippen LogP contribution is -2.38. The fourth-order valence-electron chi connectivity index (χ4n) is 2.73. The molecule has 0 fully saturated rings. The minimum atomic E-state index is -4.13. The second kappa shape index (κ2) is 9.55. The van der Waals surface area contributed by atoms with Crippen molar-refractivity contribution in [3.8, 4) is 5.75 Å². The fourth-order valence-corrected chi connectivity index (χ4v) is 5.25. The van der Waals surface area contributed by atoms with Crippen molar-refractivity contribution >= 4 is 45.0 Å². The van der Waals surface area contributed by atoms with Crippen molar-refractivity contribution in [2.45, 2.75) is 16.7 Å². The minimum absolute atomic E-state index is 0.0191. The highest BCUT2D eigenvalue weighted by Gasteiger charge is 2.31. The molecule has 0 aliphatic heterocycles. The average molecular weight is 462 g/mol. The topological polar surface area (TPSA) is 63.7 Å². The monoisotopic (exact) mass is 461 g/mol. The zero-order chi connectivity index (χ0) is 21.7. The van der Waals surface area contributed by atoms with Gasteiger partial charge in [-0.1, -0.05) is 47.5 Å². The van der Waals surface area contributed by atoms with Crippen LogP contribution in [0.15, 0.2) is 82.6 Å². The molecule has 0 saturated heterocycles. The molecule has 0 atom stereocenters. The summed E-state index contributed by atoms with van der Waals surface area (Å²) in [5.74, 6) is -0.247. The van der Waals surface area contributed by atoms with Gasteiger partial charge in [0.2, 0.25) is 0 Å². The van der Waals surface area contributed by atoms with Crippen LogP contribution in [0, 0.1) is 6.92 Å². The van der Waals surface area contributed by atoms with E-state index >= 15 is 0 Å². The molecule has 0 spiro atoms. The van der Waals surface area contributed by atoms with Crippen molar-refractivity contribution < 1.29 is 17.9 Å². The highest BCUT2D eigenvalue weighted by Crippen LogP contribution is 2.33. The summed E-state index contributed by atoms with van der Waals surface area (Å²) in [6, 6.07) is 19.9. The van der Waals surface area contributed by atoms with Gasteiger partial charge >= 0.3 is 0 Å². The van der Waals surface area contributed by atoms with Crippen molar-refractivity contribution in [2.75, 3.05) is 17.2 Å². The summed E-state index contributed by atoms with van der Waals surface area (Å²) in [6.45, 7) is 1.97. The third kappa shape index (κ3) is 4.98. The van der Waals surface area contributed by atoms with Crippen LogP contribution in [0.4, 0.5) is 5.69 Å². The normalized spacial score (nSPS) is 11.2. The van der Waals surface area contributed by atoms with E-state index in [0.29, 0.717) is 5.75 Å². The Morgan fingerprint density at radius 2 is 1.70 bits per heavy atom. The van der Waals surface area contributed by atoms with Crippen molar-refractivity contribution in [3.63, 3.8) is 0 Å². The quantitative estimate of drug-likeness (QED) is 0.454. The molecule has 0 bridgehead atoms. The van der Waals surface area contributed by atoms with Gasteiger partial charge in [-0.3, -0.25) is 4.79 Å². The lowest BCUT2D eigenvalue weighted by atomic mass is 10.2. The third-order valence-corrected chi connectivity index (χ3v) is 7.32. The molecule has 3 aromatic carbocycles. The maximum Gasteiger partial charge on any atom is 0.270 e. The lowest BCUT2D eigenvalue weighted by molar-refractivity contribution is -0.115. The number of anilines is 1. The molecule has 0 radical (unpaired) electrons. The van der Waals surface area contributed by atoms with Crippen molar-refractivity contribution in [1.29, 1.82) is 0 Å². The third-order valence-electron chi connectivity index (χ3n) is 4.26. The number of nitrogens with zero attached hydrogens (tertiary/aromatic N) is 1. The number of rotatable bonds is 7. The van der Waals surface area contributed by atoms with Gasteiger partial charge in [-0.25, -0.2) is 12.7 Å². The Balaban J connectivity index is 1.97. The molecule has 0 unspecified atom stereocenters. The summed E-state index contributed by atoms with van der Waals surface area (Å²) in [5, 5.41) is 0.210. The van der Waals surface area contributed by atoms with Crippen molar-refractivity contribution in [1.82, 2.24) is 0 Å². The number of ether oxygens (including phenoxy) is 1. The second-order valence-electron chi connectivity index (χ2n) is 6.40. The molecule has 0 aliphatic carbocycles. The number of halogens is 1. The summed E-state index contributed by atoms with van der Waals surface area (Å²) in [7, 11) is -2.67. The first kappa shape index (κ1) is 22.2. The molecule has 0 aliphatic rings. The van der Waals surface area contributed by atoms with Gasteiger partial charge in [0, 0.05) is 4.90 Å². The Labute approximate surface area is 185 Å². The van der Waals surface area contributed by atoms with Gasteiger partial charge in [0.05, 0.1) is 28.5 Å². The van der Waals surface area contributed by atoms with Crippen LogP contribution >= 0.6 is 23.4 Å². The summed E-state index contributed by atoms with van der Waals surface area (Å²) in [5.41, 5.74) is 1.26. The molecular weight excluding hydrogens is 442 g/mol. The highest BCUT2D eigenvalue weighted by atomic mass is 35.5. The SMILES string of the molecule is COc1ccc(N(C(=O)CSc2ccc(C)cc2)S(=O)(=O)c2ccccc2)cc1Cl. The molecule has 30 heavy (non-hydrogen) atoms. The summed E-state index contributed by atoms with van der Waals surface area (Å²) in [6.07, 6.45) is 0. The Morgan fingerprint density at radius 1 is 1.03 bits per heavy atom. The number of methoxy groups -OCH3 is 1. The molecule has 0 heterocycles. The summed E-state index contributed by atoms with van der Waals surface area (Å²) < 4.78 is 32.6. The van der Waals surface area contributed by atoms with Crippen LogP contribution in [-0.4, -0.2) is 27.2 Å². The van der Waals surface area contributed by atoms with E-state index in [2.05, 4.69) is 0 Å². The number of aryl methyl sites for hydroxylation is 1. The maximum absolute atomic E-state index is 13.3. The number of benzene rings is 3. The predicted octanol–water partition coefficient (Wildman–Crippen LogP) is 5.17. The van der Waals surface area contributed by atoms with Gasteiger partial charge in [-0.2, -0.15) is 0 Å². The molecule has 5 nitrogen and oxygen atoms in total. The summed E-state index contributed by atoms with van der Waals surface area (Å²) >= 11 is 7.47. The van der Waals surface area contributed by atoms with Crippen LogP contribution in [0.2, 0.25) is 5.02 Å². The van der Waals surface area contributed by atoms with Gasteiger partial charge in [0.15, 0.2) is 0 Å². The highest BCUT2D eigenvalue weighted by molar-refractivity contribution is 8.00. The van der Waals surface area contributed by atoms with E-state index in [4.69, 9.17) is 16.3 Å². The van der Waals surface area contributed by atoms with E-state index in [1.807, 2.05) is 31.2 Å². The van der Waals surface area contributed by atoms with Crippen LogP contribution in [0.3, 0.4) is 0 Å². The molecule has 1 amide bonds. The first-order valence-electron chi connectivity index (χ1n) is 8.99. The largest absolute Gasteiger partial charge is 0.495 e. The average Bonchev–Trinajstić information content (AvgIpc) is 2.74. The number of amides is 1. The van der Waals surface area contributed by atoms with Gasteiger partial charge in [-0.15, -0.1) is 11.8 Å². The zero-order valence-corrected chi connectivity index (χ0v) is 18.8. The van der Waals surface area contributed by atoms with E-state index in [1.165, 1.54) is 49.2 Å². The van der Waals surface area contributed by atoms with E-state index in [0.717, 1.165) is 14.8 Å². The molecule has 3 rings (SSSR count). The Morgan fingerprint density at radius 3 is 2.30 bits per heavy atom. The van der Waals surface area contributed by atoms with E-state index < -0.39 is 15.9 Å². The Hall–Kier alpha value is -2.48. The molecule has 8 heteroatoms. The number of carbonyl (C=O) groups is 1. The number of hydrogen-bond acceptors (Lipinski definition) is 5. The molecule has 3 aromatic rings. The molecule has 0 aromatic heterocycles. The van der Waals surface area contributed by atoms with Crippen LogP contribution in [0.25, 0.3) is 0 Å². The lowest BCUT2D eigenvalue weighted by Gasteiger charge is -2.23. The molecule has 0 N–H and O–H groups in total. The van der Waals surface area contributed by atoms with Crippen LogP contribution in [0.5, 0.6) is 5.75 Å². The number of hydrogen-bond donors (Lipinski definition) is 0. The molecule has 156 valence electrons. The van der Waals surface area contributed by atoms with Gasteiger partial charge in [0.1, 0.15) is 5.75 Å². The summed E-state index contributed by atoms with van der Waals surface area (Å²) in [4.78, 5) is 14.0. The first-order chi connectivity index (χ1) is 14.3. The molecular formula is C22H20ClNO4S2. The Bertz CT molecular complexity index is 1130. The second-order valence-corrected chi connectivity index (χ2v) is 9.64. The van der Waals surface area contributed by atoms with Crippen LogP contribution in [-0.2, 0) is 14.8 Å². The number of sulfonamides is 1. The van der Waals surface area contributed by atoms with E-state index in [9.17, 15) is 13.2 Å². The molecule has 0 saturated carbocycles. The van der Waals surface area contributed by atoms with E-state index in [-0.39, 0.29) is 21.4 Å². The maximum atomic E-state index is 13.3. The smallest absolute Gasteiger partial charge is 0.270 e. The van der Waals surface area contributed by atoms with E-state index in [1.54, 1.807) is 18.2 Å². The predicted molar refractivity (Wildman–Crippen MR) is 121 cm³/mol. The minimum Gasteiger partial charge on any atom is -0.495 e. The standard InChI is InChI=1S/C22H20ClNO4S2/c1-16-8-11-18(12-9-16)29-15-22(25)24(17-10-13-21(28-2)20(23)14-17)30(26,27)19-6-4-3-5-7-19/h3-14H,15H2,1-2H3. The first-order valence-corrected chi connectivity index (χ1v) is 11.8. The van der Waals surface area contributed by atoms with Crippen molar-refractivity contribution in [3.05, 3.63) is 83.4 Å². The van der Waals surface area contributed by atoms with Crippen molar-refractivity contribution in [2.24, 2.45) is 0 Å². The van der Waals surface area contributed by atoms with Crippen LogP contribution in [0.1, 0.15) is 5.56 Å². The Kier molecular flexibility index (Phi) is 7.07. The number of carbonyl (C=O) groups excluding carboxylic acids is 1. The fraction of sp³-hybridized carbons (Fsp3) is 0.136.